The normalized spacial score (nSPS) is 120. The van der Waals surface area contributed by atoms with Gasteiger partial charge in [0.25, 0.3) is 0 Å². The van der Waals surface area contributed by atoms with Gasteiger partial charge in [0.1, 0.15) is 0 Å². The molecule has 0 aromatic rings. The molecule has 0 saturated carbocycles. The molecular formula is C12H12Cl2FeO. The number of alkyl halides is 1. The number of fused-ring (bicyclic) bond motifs is 10. The van der Waals surface area contributed by atoms with Crippen LogP contribution in [-0.2, 0) is 11.3 Å². The van der Waals surface area contributed by atoms with Crippen LogP contribution in [0.5, 0.6) is 0 Å². The minimum atomic E-state index is -2.28. The zero-order chi connectivity index (χ0) is 10.4. The predicted molar refractivity (Wildman–Crippen MR) is 59.1 cm³/mol. The van der Waals surface area contributed by atoms with Crippen LogP contribution in [0.3, 0.4) is 0 Å². The van der Waals surface area contributed by atoms with Crippen molar-refractivity contribution in [2.24, 2.45) is 0 Å². The Kier molecular flexibility index (Phi) is 0.230. The molecule has 10 fully saturated rings. The van der Waals surface area contributed by atoms with Crippen LogP contribution in [0.1, 0.15) is 0 Å². The number of hydrogen-bond donors (Lipinski definition) is 0. The Morgan fingerprint density at radius 2 is 1.00 bits per heavy atom. The summed E-state index contributed by atoms with van der Waals surface area (Å²) >= 11 is 9.55. The van der Waals surface area contributed by atoms with E-state index in [2.05, 4.69) is 0 Å². The fourth-order valence-corrected chi connectivity index (χ4v) is 88.0. The van der Waals surface area contributed by atoms with E-state index in [0.29, 0.717) is 0 Å². The molecule has 10 heterocycles. The van der Waals surface area contributed by atoms with Gasteiger partial charge in [0.05, 0.1) is 5.88 Å². The maximum absolute atomic E-state index is 9.45. The molecule has 10 rings (SSSR count). The third-order valence-corrected chi connectivity index (χ3v) is 57.1. The molecule has 88 valence electrons. The average molecular weight is 299 g/mol. The molecule has 0 aromatic carbocycles. The molecule has 4 heteroatoms. The number of hydrogen-bond acceptors (Lipinski definition) is 1. The van der Waals surface area contributed by atoms with Crippen LogP contribution >= 0.6 is 23.2 Å². The summed E-state index contributed by atoms with van der Waals surface area (Å²) in [6.45, 7) is -2.28. The van der Waals surface area contributed by atoms with E-state index in [1.807, 2.05) is 0 Å². The standard InChI is InChI=1S/2C5H5.C2H2Cl2O.Fe/c2*1-2-4-5-3-1;3-1-2(4)5;/h2*1-5H;1H2;. The summed E-state index contributed by atoms with van der Waals surface area (Å²) in [6, 6.07) is 0. The molecule has 10 saturated heterocycles. The molecule has 1 nitrogen and oxygen atoms in total. The van der Waals surface area contributed by atoms with Crippen LogP contribution in [0, 0.1) is 0 Å². The van der Waals surface area contributed by atoms with Crippen LogP contribution in [0.2, 0.25) is 48.2 Å². The third kappa shape index (κ3) is 0.0681. The Balaban J connectivity index is 0.000000105. The summed E-state index contributed by atoms with van der Waals surface area (Å²) in [5, 5.41) is -0.508. The molecule has 0 aliphatic carbocycles. The SMILES string of the molecule is O=C(Cl)CCl.[CH]12[CH]3[CH]4[CH]5[CH]1[Fe]23451678[CH]2[CH]1[CH]6[CH]7[CH]28. The van der Waals surface area contributed by atoms with E-state index in [0.717, 1.165) is 0 Å². The molecule has 0 bridgehead atoms. The van der Waals surface area contributed by atoms with Crippen molar-refractivity contribution in [1.29, 1.82) is 0 Å². The van der Waals surface area contributed by atoms with Crippen molar-refractivity contribution in [3.8, 4) is 0 Å². The Morgan fingerprint density at radius 3 is 1.00 bits per heavy atom. The van der Waals surface area contributed by atoms with Gasteiger partial charge in [-0.3, -0.25) is 4.79 Å². The van der Waals surface area contributed by atoms with Gasteiger partial charge in [-0.2, -0.15) is 0 Å². The van der Waals surface area contributed by atoms with Crippen LogP contribution < -0.4 is 0 Å². The molecule has 1 spiro atoms. The van der Waals surface area contributed by atoms with E-state index in [9.17, 15) is 4.79 Å². The van der Waals surface area contributed by atoms with Gasteiger partial charge in [0.2, 0.25) is 5.24 Å². The number of halogens is 2. The van der Waals surface area contributed by atoms with Crippen molar-refractivity contribution in [3.05, 3.63) is 0 Å². The maximum atomic E-state index is 9.45. The molecule has 0 unspecified atom stereocenters. The number of carbonyl (C=O) groups excluding carboxylic acids is 1. The zero-order valence-electron chi connectivity index (χ0n) is 8.50. The molecule has 10 aliphatic heterocycles. The summed E-state index contributed by atoms with van der Waals surface area (Å²) in [5.74, 6) is -0.0957. The van der Waals surface area contributed by atoms with Gasteiger partial charge in [0.15, 0.2) is 0 Å². The first kappa shape index (κ1) is 6.80. The van der Waals surface area contributed by atoms with E-state index in [1.165, 1.54) is 0 Å². The molecule has 0 N–H and O–H groups in total. The Hall–Kier alpha value is 0.769. The topological polar surface area (TPSA) is 17.1 Å². The van der Waals surface area contributed by atoms with Crippen molar-refractivity contribution in [2.45, 2.75) is 48.2 Å². The second kappa shape index (κ2) is 0.541. The van der Waals surface area contributed by atoms with Gasteiger partial charge in [-0.15, -0.1) is 11.6 Å². The van der Waals surface area contributed by atoms with Gasteiger partial charge in [-0.05, 0) is 11.6 Å². The summed E-state index contributed by atoms with van der Waals surface area (Å²) in [5.41, 5.74) is 0. The second-order valence-corrected chi connectivity index (χ2v) is 34.7. The third-order valence-electron chi connectivity index (χ3n) is 14.6. The van der Waals surface area contributed by atoms with E-state index < -0.39 is 11.8 Å². The second-order valence-electron chi connectivity index (χ2n) is 10.1. The molecule has 0 atom stereocenters. The minimum absolute atomic E-state index is 0.0957. The quantitative estimate of drug-likeness (QED) is 0.399. The number of rotatable bonds is 1. The molecule has 0 radical (unpaired) electrons. The first-order chi connectivity index (χ1) is 7.43. The van der Waals surface area contributed by atoms with E-state index in [4.69, 9.17) is 23.2 Å². The Morgan fingerprint density at radius 1 is 0.812 bits per heavy atom. The van der Waals surface area contributed by atoms with Crippen molar-refractivity contribution in [1.82, 2.24) is 0 Å². The van der Waals surface area contributed by atoms with Crippen molar-refractivity contribution in [3.63, 3.8) is 0 Å². The Labute approximate surface area is 93.5 Å². The van der Waals surface area contributed by atoms with E-state index in [-0.39, 0.29) is 5.88 Å². The van der Waals surface area contributed by atoms with Crippen LogP contribution in [-0.4, -0.2) is 11.1 Å². The van der Waals surface area contributed by atoms with Crippen LogP contribution in [0.25, 0.3) is 0 Å². The van der Waals surface area contributed by atoms with Gasteiger partial charge in [0, 0.05) is 0 Å². The summed E-state index contributed by atoms with van der Waals surface area (Å²) in [4.78, 5) is 25.4. The molecule has 16 heavy (non-hydrogen) atoms. The molecular weight excluding hydrogens is 287 g/mol. The first-order valence-corrected chi connectivity index (χ1v) is 13.7. The van der Waals surface area contributed by atoms with Gasteiger partial charge in [-0.1, -0.05) is 0 Å². The van der Waals surface area contributed by atoms with Gasteiger partial charge < -0.3 is 0 Å². The van der Waals surface area contributed by atoms with Gasteiger partial charge in [-0.25, -0.2) is 0 Å². The van der Waals surface area contributed by atoms with Gasteiger partial charge >= 0.3 is 54.7 Å². The molecule has 10 aliphatic rings. The van der Waals surface area contributed by atoms with E-state index in [1.54, 1.807) is 48.2 Å². The fraction of sp³-hybridized carbons (Fsp3) is 0.917. The monoisotopic (exact) mass is 298 g/mol. The van der Waals surface area contributed by atoms with Crippen molar-refractivity contribution < 1.29 is 11.3 Å². The predicted octanol–water partition coefficient (Wildman–Crippen LogP) is 4.37. The van der Waals surface area contributed by atoms with Crippen molar-refractivity contribution >= 4 is 28.4 Å². The molecule has 0 amide bonds. The summed E-state index contributed by atoms with van der Waals surface area (Å²) < 4.78 is 0. The van der Waals surface area contributed by atoms with Crippen molar-refractivity contribution in [2.75, 3.05) is 5.88 Å². The summed E-state index contributed by atoms with van der Waals surface area (Å²) in [7, 11) is 0. The molecule has 0 aromatic heterocycles. The first-order valence-electron chi connectivity index (χ1n) is 6.39. The van der Waals surface area contributed by atoms with Crippen LogP contribution in [0.4, 0.5) is 0 Å². The van der Waals surface area contributed by atoms with Crippen LogP contribution in [0.15, 0.2) is 0 Å². The fourth-order valence-electron chi connectivity index (χ4n) is 15.8. The average Bonchev–Trinajstić information content (AvgIpc) is 3.21. The Bertz CT molecular complexity index is 691. The summed E-state index contributed by atoms with van der Waals surface area (Å²) in [6.07, 6.45) is 0. The zero-order valence-corrected chi connectivity index (χ0v) is 11.1. The number of carbonyl (C=O) groups is 1. The van der Waals surface area contributed by atoms with E-state index >= 15 is 0 Å².